The number of carboxylic acid groups (broad SMARTS) is 1. The first-order valence-corrected chi connectivity index (χ1v) is 5.52. The number of carbonyl (C=O) groups is 2. The highest BCUT2D eigenvalue weighted by atomic mass is 16.4. The summed E-state index contributed by atoms with van der Waals surface area (Å²) in [6, 6.07) is 1.79. The molecule has 0 fully saturated rings. The minimum absolute atomic E-state index is 0.0849. The Hall–Kier alpha value is -2.71. The second-order valence-electron chi connectivity index (χ2n) is 3.72. The molecule has 0 spiro atoms. The molecular formula is C10H12N6O3. The summed E-state index contributed by atoms with van der Waals surface area (Å²) in [4.78, 5) is 22.1. The number of aromatic nitrogens is 5. The minimum atomic E-state index is -1.05. The molecule has 0 atom stereocenters. The van der Waals surface area contributed by atoms with Crippen molar-refractivity contribution in [3.63, 3.8) is 0 Å². The Morgan fingerprint density at radius 2 is 2.21 bits per heavy atom. The largest absolute Gasteiger partial charge is 0.480 e. The van der Waals surface area contributed by atoms with Crippen LogP contribution in [0.2, 0.25) is 0 Å². The lowest BCUT2D eigenvalue weighted by atomic mass is 10.4. The lowest BCUT2D eigenvalue weighted by Gasteiger charge is -2.02. The summed E-state index contributed by atoms with van der Waals surface area (Å²) in [6.45, 7) is 0.613. The molecule has 0 saturated heterocycles. The second-order valence-corrected chi connectivity index (χ2v) is 3.72. The van der Waals surface area contributed by atoms with Crippen LogP contribution in [0, 0.1) is 0 Å². The molecular weight excluding hydrogens is 252 g/mol. The molecule has 19 heavy (non-hydrogen) atoms. The van der Waals surface area contributed by atoms with E-state index < -0.39 is 11.9 Å². The van der Waals surface area contributed by atoms with E-state index >= 15 is 0 Å². The minimum Gasteiger partial charge on any atom is -0.480 e. The zero-order chi connectivity index (χ0) is 13.7. The summed E-state index contributed by atoms with van der Waals surface area (Å²) >= 11 is 0. The van der Waals surface area contributed by atoms with Gasteiger partial charge in [0.2, 0.25) is 0 Å². The fourth-order valence-electron chi connectivity index (χ4n) is 1.43. The van der Waals surface area contributed by atoms with Crippen LogP contribution in [0.15, 0.2) is 24.7 Å². The molecule has 0 unspecified atom stereocenters. The molecule has 9 nitrogen and oxygen atoms in total. The molecule has 100 valence electrons. The van der Waals surface area contributed by atoms with Crippen LogP contribution in [-0.2, 0) is 17.9 Å². The smallest absolute Gasteiger partial charge is 0.325 e. The third-order valence-electron chi connectivity index (χ3n) is 2.25. The van der Waals surface area contributed by atoms with Crippen LogP contribution in [0.4, 0.5) is 0 Å². The van der Waals surface area contributed by atoms with Gasteiger partial charge in [0.05, 0.1) is 12.7 Å². The average molecular weight is 264 g/mol. The number of nitrogens with one attached hydrogen (secondary N) is 1. The molecule has 0 bridgehead atoms. The Balaban J connectivity index is 1.82. The third-order valence-corrected chi connectivity index (χ3v) is 2.25. The second kappa shape index (κ2) is 5.76. The van der Waals surface area contributed by atoms with Crippen molar-refractivity contribution in [2.75, 3.05) is 6.54 Å². The Morgan fingerprint density at radius 1 is 1.37 bits per heavy atom. The Bertz CT molecular complexity index is 562. The highest BCUT2D eigenvalue weighted by Gasteiger charge is 2.11. The summed E-state index contributed by atoms with van der Waals surface area (Å²) in [5.74, 6) is -1.45. The lowest BCUT2D eigenvalue weighted by molar-refractivity contribution is -0.137. The zero-order valence-electron chi connectivity index (χ0n) is 9.93. The maximum atomic E-state index is 11.7. The van der Waals surface area contributed by atoms with Gasteiger partial charge in [-0.1, -0.05) is 5.21 Å². The fourth-order valence-corrected chi connectivity index (χ4v) is 1.43. The van der Waals surface area contributed by atoms with Crippen LogP contribution >= 0.6 is 0 Å². The van der Waals surface area contributed by atoms with Crippen molar-refractivity contribution in [3.05, 3.63) is 30.4 Å². The molecule has 0 aliphatic carbocycles. The van der Waals surface area contributed by atoms with E-state index in [1.807, 2.05) is 0 Å². The average Bonchev–Trinajstić information content (AvgIpc) is 2.99. The maximum Gasteiger partial charge on any atom is 0.325 e. The molecule has 0 aliphatic rings. The van der Waals surface area contributed by atoms with Crippen molar-refractivity contribution in [2.45, 2.75) is 13.1 Å². The summed E-state index contributed by atoms with van der Waals surface area (Å²) < 4.78 is 2.77. The first kappa shape index (κ1) is 12.7. The van der Waals surface area contributed by atoms with Crippen molar-refractivity contribution in [1.82, 2.24) is 30.1 Å². The van der Waals surface area contributed by atoms with Gasteiger partial charge in [-0.3, -0.25) is 14.3 Å². The number of carboxylic acids is 1. The number of nitrogens with zero attached hydrogens (tertiary/aromatic N) is 5. The highest BCUT2D eigenvalue weighted by Crippen LogP contribution is 1.93. The van der Waals surface area contributed by atoms with Gasteiger partial charge in [0, 0.05) is 18.9 Å². The number of hydrogen-bond acceptors (Lipinski definition) is 5. The first-order valence-electron chi connectivity index (χ1n) is 5.52. The van der Waals surface area contributed by atoms with Crippen LogP contribution in [0.1, 0.15) is 10.5 Å². The van der Waals surface area contributed by atoms with Gasteiger partial charge < -0.3 is 10.4 Å². The Kier molecular flexibility index (Phi) is 3.86. The van der Waals surface area contributed by atoms with E-state index in [4.69, 9.17) is 5.11 Å². The highest BCUT2D eigenvalue weighted by molar-refractivity contribution is 5.91. The molecule has 1 amide bonds. The Morgan fingerprint density at radius 3 is 2.89 bits per heavy atom. The number of amides is 1. The van der Waals surface area contributed by atoms with Crippen molar-refractivity contribution >= 4 is 11.9 Å². The van der Waals surface area contributed by atoms with Crippen LogP contribution < -0.4 is 5.32 Å². The summed E-state index contributed by atoms with van der Waals surface area (Å²) in [6.07, 6.45) is 4.73. The molecule has 2 N–H and O–H groups in total. The number of aliphatic carboxylic acids is 1. The van der Waals surface area contributed by atoms with E-state index in [0.29, 0.717) is 13.1 Å². The van der Waals surface area contributed by atoms with Crippen molar-refractivity contribution < 1.29 is 14.7 Å². The van der Waals surface area contributed by atoms with Gasteiger partial charge in [-0.2, -0.15) is 5.10 Å². The molecule has 2 aromatic heterocycles. The standard InChI is InChI=1S/C10H12N6O3/c17-9(18)7-16-6-8(13-14-16)10(19)11-3-5-15-4-1-2-12-15/h1-2,4,6H,3,5,7H2,(H,11,19)(H,17,18). The monoisotopic (exact) mass is 264 g/mol. The molecule has 0 radical (unpaired) electrons. The summed E-state index contributed by atoms with van der Waals surface area (Å²) in [5, 5.41) is 22.3. The van der Waals surface area contributed by atoms with Gasteiger partial charge in [-0.05, 0) is 6.07 Å². The molecule has 2 aromatic rings. The zero-order valence-corrected chi connectivity index (χ0v) is 9.93. The maximum absolute atomic E-state index is 11.7. The van der Waals surface area contributed by atoms with Gasteiger partial charge in [-0.25, -0.2) is 4.68 Å². The normalized spacial score (nSPS) is 10.3. The van der Waals surface area contributed by atoms with Gasteiger partial charge >= 0.3 is 5.97 Å². The van der Waals surface area contributed by atoms with E-state index in [-0.39, 0.29) is 12.2 Å². The molecule has 0 saturated carbocycles. The topological polar surface area (TPSA) is 115 Å². The molecule has 0 aromatic carbocycles. The Labute approximate surface area is 107 Å². The van der Waals surface area contributed by atoms with E-state index in [2.05, 4.69) is 20.7 Å². The number of carbonyl (C=O) groups excluding carboxylic acids is 1. The van der Waals surface area contributed by atoms with Crippen LogP contribution in [0.25, 0.3) is 0 Å². The first-order chi connectivity index (χ1) is 9.15. The molecule has 0 aliphatic heterocycles. The van der Waals surface area contributed by atoms with E-state index in [1.165, 1.54) is 6.20 Å². The summed E-state index contributed by atoms with van der Waals surface area (Å²) in [5.41, 5.74) is 0.0849. The predicted molar refractivity (Wildman–Crippen MR) is 62.2 cm³/mol. The quantitative estimate of drug-likeness (QED) is 0.690. The molecule has 2 rings (SSSR count). The van der Waals surface area contributed by atoms with E-state index in [9.17, 15) is 9.59 Å². The van der Waals surface area contributed by atoms with Crippen LogP contribution in [0.5, 0.6) is 0 Å². The van der Waals surface area contributed by atoms with E-state index in [1.54, 1.807) is 23.1 Å². The van der Waals surface area contributed by atoms with Gasteiger partial charge in [0.25, 0.3) is 5.91 Å². The lowest BCUT2D eigenvalue weighted by Crippen LogP contribution is -2.27. The number of hydrogen-bond donors (Lipinski definition) is 2. The van der Waals surface area contributed by atoms with Gasteiger partial charge in [0.1, 0.15) is 6.54 Å². The van der Waals surface area contributed by atoms with Gasteiger partial charge in [-0.15, -0.1) is 5.10 Å². The number of rotatable bonds is 6. The molecule has 2 heterocycles. The summed E-state index contributed by atoms with van der Waals surface area (Å²) in [7, 11) is 0. The van der Waals surface area contributed by atoms with Gasteiger partial charge in [0.15, 0.2) is 5.69 Å². The fraction of sp³-hybridized carbons (Fsp3) is 0.300. The predicted octanol–water partition coefficient (Wildman–Crippen LogP) is -1.01. The third kappa shape index (κ3) is 3.63. The SMILES string of the molecule is O=C(O)Cn1cc(C(=O)NCCn2cccn2)nn1. The van der Waals surface area contributed by atoms with Crippen LogP contribution in [0.3, 0.4) is 0 Å². The van der Waals surface area contributed by atoms with Crippen LogP contribution in [-0.4, -0.2) is 48.3 Å². The van der Waals surface area contributed by atoms with Crippen molar-refractivity contribution in [1.29, 1.82) is 0 Å². The molecule has 9 heteroatoms. The van der Waals surface area contributed by atoms with Crippen molar-refractivity contribution in [3.8, 4) is 0 Å². The van der Waals surface area contributed by atoms with Crippen molar-refractivity contribution in [2.24, 2.45) is 0 Å². The van der Waals surface area contributed by atoms with E-state index in [0.717, 1.165) is 4.68 Å².